The summed E-state index contributed by atoms with van der Waals surface area (Å²) in [6.07, 6.45) is 0.788. The van der Waals surface area contributed by atoms with Crippen LogP contribution in [0.25, 0.3) is 0 Å². The molecule has 1 amide bonds. The number of thiophene rings is 1. The van der Waals surface area contributed by atoms with Gasteiger partial charge in [-0.05, 0) is 30.0 Å². The number of benzene rings is 1. The molecule has 0 unspecified atom stereocenters. The highest BCUT2D eigenvalue weighted by atomic mass is 32.1. The lowest BCUT2D eigenvalue weighted by molar-refractivity contribution is -0.132. The van der Waals surface area contributed by atoms with E-state index >= 15 is 0 Å². The molecule has 1 N–H and O–H groups in total. The first kappa shape index (κ1) is 13.2. The van der Waals surface area contributed by atoms with E-state index < -0.39 is 0 Å². The second kappa shape index (κ2) is 5.67. The van der Waals surface area contributed by atoms with Gasteiger partial charge in [0.25, 0.3) is 0 Å². The number of nitrogens with one attached hydrogen (secondary N) is 1. The summed E-state index contributed by atoms with van der Waals surface area (Å²) in [5, 5.41) is 5.39. The van der Waals surface area contributed by atoms with Crippen LogP contribution in [0.2, 0.25) is 0 Å². The minimum absolute atomic E-state index is 0.118. The molecule has 3 nitrogen and oxygen atoms in total. The first-order valence-corrected chi connectivity index (χ1v) is 7.81. The van der Waals surface area contributed by atoms with Gasteiger partial charge >= 0.3 is 0 Å². The molecule has 0 saturated carbocycles. The predicted octanol–water partition coefficient (Wildman–Crippen LogP) is 3.13. The summed E-state index contributed by atoms with van der Waals surface area (Å²) in [6, 6.07) is 12.1. The van der Waals surface area contributed by atoms with Gasteiger partial charge in [0.1, 0.15) is 6.04 Å². The fourth-order valence-corrected chi connectivity index (χ4v) is 3.32. The lowest BCUT2D eigenvalue weighted by Gasteiger charge is -2.24. The monoisotopic (exact) mass is 286 g/mol. The lowest BCUT2D eigenvalue weighted by Crippen LogP contribution is -2.41. The van der Waals surface area contributed by atoms with Crippen molar-refractivity contribution in [1.29, 1.82) is 0 Å². The van der Waals surface area contributed by atoms with Gasteiger partial charge in [0.15, 0.2) is 0 Å². The maximum absolute atomic E-state index is 12.6. The van der Waals surface area contributed by atoms with Crippen molar-refractivity contribution in [3.63, 3.8) is 0 Å². The lowest BCUT2D eigenvalue weighted by atomic mass is 10.1. The maximum atomic E-state index is 12.6. The molecule has 1 aliphatic heterocycles. The number of hydrogen-bond donors (Lipinski definition) is 1. The van der Waals surface area contributed by atoms with Crippen molar-refractivity contribution in [2.75, 3.05) is 11.9 Å². The van der Waals surface area contributed by atoms with Crippen LogP contribution in [0.15, 0.2) is 41.8 Å². The van der Waals surface area contributed by atoms with Crippen LogP contribution >= 0.6 is 11.3 Å². The van der Waals surface area contributed by atoms with Gasteiger partial charge in [-0.25, -0.2) is 0 Å². The van der Waals surface area contributed by atoms with E-state index in [4.69, 9.17) is 0 Å². The number of carbonyl (C=O) groups excluding carboxylic acids is 1. The number of fused-ring (bicyclic) bond motifs is 1. The predicted molar refractivity (Wildman–Crippen MR) is 83.0 cm³/mol. The molecule has 2 heterocycles. The number of hydrogen-bond acceptors (Lipinski definition) is 3. The van der Waals surface area contributed by atoms with Gasteiger partial charge in [0.05, 0.1) is 6.54 Å². The third kappa shape index (κ3) is 2.56. The van der Waals surface area contributed by atoms with Crippen molar-refractivity contribution in [1.82, 2.24) is 4.90 Å². The quantitative estimate of drug-likeness (QED) is 0.936. The summed E-state index contributed by atoms with van der Waals surface area (Å²) in [6.45, 7) is 3.49. The van der Waals surface area contributed by atoms with Gasteiger partial charge < -0.3 is 10.2 Å². The van der Waals surface area contributed by atoms with Gasteiger partial charge in [0.2, 0.25) is 5.91 Å². The summed E-state index contributed by atoms with van der Waals surface area (Å²) < 4.78 is 0. The third-order valence-corrected chi connectivity index (χ3v) is 4.55. The van der Waals surface area contributed by atoms with Crippen molar-refractivity contribution in [3.8, 4) is 0 Å². The normalized spacial score (nSPS) is 16.6. The topological polar surface area (TPSA) is 32.3 Å². The van der Waals surface area contributed by atoms with Crippen LogP contribution in [0, 0.1) is 0 Å². The Bertz CT molecular complexity index is 563. The zero-order valence-electron chi connectivity index (χ0n) is 11.5. The van der Waals surface area contributed by atoms with E-state index in [0.717, 1.165) is 18.7 Å². The third-order valence-electron chi connectivity index (χ3n) is 3.69. The minimum atomic E-state index is -0.118. The highest BCUT2D eigenvalue weighted by molar-refractivity contribution is 7.09. The Morgan fingerprint density at radius 3 is 2.90 bits per heavy atom. The van der Waals surface area contributed by atoms with Gasteiger partial charge in [-0.15, -0.1) is 11.3 Å². The average molecular weight is 286 g/mol. The Morgan fingerprint density at radius 1 is 1.35 bits per heavy atom. The molecule has 0 fully saturated rings. The van der Waals surface area contributed by atoms with E-state index in [1.807, 2.05) is 36.1 Å². The zero-order chi connectivity index (χ0) is 13.9. The van der Waals surface area contributed by atoms with Crippen molar-refractivity contribution < 1.29 is 4.79 Å². The summed E-state index contributed by atoms with van der Waals surface area (Å²) in [7, 11) is 0. The van der Waals surface area contributed by atoms with E-state index in [1.165, 1.54) is 10.4 Å². The van der Waals surface area contributed by atoms with E-state index in [9.17, 15) is 4.79 Å². The molecule has 0 radical (unpaired) electrons. The Hall–Kier alpha value is -1.81. The van der Waals surface area contributed by atoms with Gasteiger partial charge in [-0.3, -0.25) is 4.79 Å². The van der Waals surface area contributed by atoms with Crippen LogP contribution in [-0.2, 0) is 17.8 Å². The SMILES string of the molecule is CCN(Cc1cccs1)C(=O)[C@@H]1Cc2ccccc2N1. The highest BCUT2D eigenvalue weighted by Gasteiger charge is 2.29. The first-order chi connectivity index (χ1) is 9.78. The van der Waals surface area contributed by atoms with Crippen LogP contribution < -0.4 is 5.32 Å². The second-order valence-corrected chi connectivity index (χ2v) is 6.02. The van der Waals surface area contributed by atoms with Crippen LogP contribution in [0.1, 0.15) is 17.4 Å². The summed E-state index contributed by atoms with van der Waals surface area (Å²) >= 11 is 1.70. The molecule has 104 valence electrons. The van der Waals surface area contributed by atoms with Crippen LogP contribution in [0.5, 0.6) is 0 Å². The summed E-state index contributed by atoms with van der Waals surface area (Å²) in [5.74, 6) is 0.192. The van der Waals surface area contributed by atoms with Crippen molar-refractivity contribution >= 4 is 22.9 Å². The Morgan fingerprint density at radius 2 is 2.20 bits per heavy atom. The Labute approximate surface area is 123 Å². The maximum Gasteiger partial charge on any atom is 0.245 e. The molecular formula is C16H18N2OS. The molecule has 1 aromatic heterocycles. The van der Waals surface area contributed by atoms with Gasteiger partial charge in [-0.2, -0.15) is 0 Å². The molecule has 1 atom stereocenters. The van der Waals surface area contributed by atoms with Crippen LogP contribution in [0.4, 0.5) is 5.69 Å². The molecular weight excluding hydrogens is 268 g/mol. The van der Waals surface area contributed by atoms with Crippen LogP contribution in [-0.4, -0.2) is 23.4 Å². The van der Waals surface area contributed by atoms with Crippen molar-refractivity contribution in [3.05, 3.63) is 52.2 Å². The number of para-hydroxylation sites is 1. The van der Waals surface area contributed by atoms with E-state index in [-0.39, 0.29) is 11.9 Å². The standard InChI is InChI=1S/C16H18N2OS/c1-2-18(11-13-7-5-9-20-13)16(19)15-10-12-6-3-4-8-14(12)17-15/h3-9,15,17H,2,10-11H2,1H3/t15-/m0/s1. The Balaban J connectivity index is 1.69. The number of nitrogens with zero attached hydrogens (tertiary/aromatic N) is 1. The smallest absolute Gasteiger partial charge is 0.245 e. The van der Waals surface area contributed by atoms with Crippen molar-refractivity contribution in [2.24, 2.45) is 0 Å². The zero-order valence-corrected chi connectivity index (χ0v) is 12.3. The number of anilines is 1. The van der Waals surface area contributed by atoms with E-state index in [2.05, 4.69) is 22.8 Å². The minimum Gasteiger partial charge on any atom is -0.373 e. The van der Waals surface area contributed by atoms with Gasteiger partial charge in [0, 0.05) is 23.5 Å². The highest BCUT2D eigenvalue weighted by Crippen LogP contribution is 2.26. The Kier molecular flexibility index (Phi) is 3.74. The largest absolute Gasteiger partial charge is 0.373 e. The fraction of sp³-hybridized carbons (Fsp3) is 0.312. The average Bonchev–Trinajstić information content (AvgIpc) is 3.12. The number of amides is 1. The summed E-state index contributed by atoms with van der Waals surface area (Å²) in [4.78, 5) is 15.8. The van der Waals surface area contributed by atoms with Crippen LogP contribution in [0.3, 0.4) is 0 Å². The summed E-state index contributed by atoms with van der Waals surface area (Å²) in [5.41, 5.74) is 2.33. The molecule has 0 bridgehead atoms. The number of likely N-dealkylation sites (N-methyl/N-ethyl adjacent to an activating group) is 1. The van der Waals surface area contributed by atoms with Crippen molar-refractivity contribution in [2.45, 2.75) is 25.9 Å². The molecule has 20 heavy (non-hydrogen) atoms. The van der Waals surface area contributed by atoms with E-state index in [1.54, 1.807) is 11.3 Å². The first-order valence-electron chi connectivity index (χ1n) is 6.93. The molecule has 0 spiro atoms. The second-order valence-electron chi connectivity index (χ2n) is 4.99. The molecule has 1 aromatic carbocycles. The number of carbonyl (C=O) groups is 1. The molecule has 0 aliphatic carbocycles. The fourth-order valence-electron chi connectivity index (χ4n) is 2.60. The van der Waals surface area contributed by atoms with Gasteiger partial charge in [-0.1, -0.05) is 24.3 Å². The molecule has 0 saturated heterocycles. The number of rotatable bonds is 4. The molecule has 4 heteroatoms. The molecule has 3 rings (SSSR count). The molecule has 2 aromatic rings. The van der Waals surface area contributed by atoms with E-state index in [0.29, 0.717) is 6.54 Å². The molecule has 1 aliphatic rings.